The number of rotatable bonds is 8. The molecule has 152 valence electrons. The van der Waals surface area contributed by atoms with Crippen LogP contribution in [0.15, 0.2) is 34.9 Å². The fourth-order valence-corrected chi connectivity index (χ4v) is 3.29. The van der Waals surface area contributed by atoms with E-state index in [1.807, 2.05) is 12.1 Å². The molecule has 2 aromatic rings. The number of nitrogens with zero attached hydrogens (tertiary/aromatic N) is 2. The Kier molecular flexibility index (Phi) is 6.78. The van der Waals surface area contributed by atoms with Crippen LogP contribution in [-0.4, -0.2) is 69.8 Å². The smallest absolute Gasteiger partial charge is 0.238 e. The highest BCUT2D eigenvalue weighted by Crippen LogP contribution is 2.39. The van der Waals surface area contributed by atoms with Gasteiger partial charge in [-0.25, -0.2) is 0 Å². The van der Waals surface area contributed by atoms with Crippen LogP contribution >= 0.6 is 0 Å². The lowest BCUT2D eigenvalue weighted by atomic mass is 10.2. The Morgan fingerprint density at radius 2 is 1.68 bits per heavy atom. The minimum atomic E-state index is -0.0752. The molecule has 8 heteroatoms. The molecular weight excluding hydrogens is 362 g/mol. The molecule has 1 aromatic carbocycles. The van der Waals surface area contributed by atoms with E-state index >= 15 is 0 Å². The van der Waals surface area contributed by atoms with Gasteiger partial charge in [0.15, 0.2) is 11.5 Å². The predicted octanol–water partition coefficient (Wildman–Crippen LogP) is 2.06. The second-order valence-electron chi connectivity index (χ2n) is 6.59. The van der Waals surface area contributed by atoms with Crippen molar-refractivity contribution in [2.45, 2.75) is 6.54 Å². The van der Waals surface area contributed by atoms with Crippen molar-refractivity contribution in [2.75, 3.05) is 59.4 Å². The van der Waals surface area contributed by atoms with Crippen LogP contribution in [0.2, 0.25) is 0 Å². The lowest BCUT2D eigenvalue weighted by Crippen LogP contribution is -2.48. The molecule has 0 aliphatic carbocycles. The van der Waals surface area contributed by atoms with Crippen LogP contribution in [0.3, 0.4) is 0 Å². The summed E-state index contributed by atoms with van der Waals surface area (Å²) in [6.45, 7) is 4.62. The van der Waals surface area contributed by atoms with Gasteiger partial charge in [0.2, 0.25) is 11.7 Å². The molecule has 0 unspecified atom stereocenters. The third-order valence-corrected chi connectivity index (χ3v) is 4.74. The normalized spacial score (nSPS) is 15.2. The number of amides is 1. The van der Waals surface area contributed by atoms with Gasteiger partial charge < -0.3 is 23.9 Å². The Labute approximate surface area is 164 Å². The van der Waals surface area contributed by atoms with Crippen molar-refractivity contribution in [1.82, 2.24) is 9.80 Å². The number of methoxy groups -OCH3 is 3. The molecule has 1 aliphatic heterocycles. The Hall–Kier alpha value is -2.71. The standard InChI is InChI=1S/C20H27N3O5/c1-25-17-11-15(12-18(26-2)20(17)27-3)21-19(24)14-23-8-6-22(7-9-23)13-16-5-4-10-28-16/h4-5,10-12H,6-9,13-14H2,1-3H3,(H,21,24). The summed E-state index contributed by atoms with van der Waals surface area (Å²) in [6.07, 6.45) is 1.69. The van der Waals surface area contributed by atoms with Gasteiger partial charge in [-0.1, -0.05) is 0 Å². The Morgan fingerprint density at radius 1 is 1.04 bits per heavy atom. The first-order valence-corrected chi connectivity index (χ1v) is 9.20. The van der Waals surface area contributed by atoms with Gasteiger partial charge in [-0.05, 0) is 12.1 Å². The molecule has 1 amide bonds. The van der Waals surface area contributed by atoms with E-state index in [9.17, 15) is 4.79 Å². The minimum absolute atomic E-state index is 0.0752. The molecule has 1 fully saturated rings. The maximum absolute atomic E-state index is 12.5. The van der Waals surface area contributed by atoms with Crippen molar-refractivity contribution >= 4 is 11.6 Å². The summed E-state index contributed by atoms with van der Waals surface area (Å²) in [7, 11) is 4.64. The van der Waals surface area contributed by atoms with Crippen molar-refractivity contribution in [1.29, 1.82) is 0 Å². The third-order valence-electron chi connectivity index (χ3n) is 4.74. The molecule has 3 rings (SSSR count). The molecule has 1 aliphatic rings. The van der Waals surface area contributed by atoms with E-state index < -0.39 is 0 Å². The first kappa shape index (κ1) is 20.0. The van der Waals surface area contributed by atoms with Gasteiger partial charge in [0.1, 0.15) is 5.76 Å². The zero-order chi connectivity index (χ0) is 19.9. The lowest BCUT2D eigenvalue weighted by Gasteiger charge is -2.33. The van der Waals surface area contributed by atoms with Crippen molar-refractivity contribution in [3.8, 4) is 17.2 Å². The number of hydrogen-bond acceptors (Lipinski definition) is 7. The number of ether oxygens (including phenoxy) is 3. The minimum Gasteiger partial charge on any atom is -0.493 e. The molecule has 0 atom stereocenters. The summed E-state index contributed by atoms with van der Waals surface area (Å²) >= 11 is 0. The largest absolute Gasteiger partial charge is 0.493 e. The van der Waals surface area contributed by atoms with Crippen LogP contribution in [0.4, 0.5) is 5.69 Å². The Balaban J connectivity index is 1.52. The van der Waals surface area contributed by atoms with E-state index in [2.05, 4.69) is 15.1 Å². The van der Waals surface area contributed by atoms with E-state index in [4.69, 9.17) is 18.6 Å². The van der Waals surface area contributed by atoms with Gasteiger partial charge in [-0.2, -0.15) is 0 Å². The van der Waals surface area contributed by atoms with Crippen LogP contribution in [0.1, 0.15) is 5.76 Å². The molecule has 0 saturated carbocycles. The third kappa shape index (κ3) is 4.96. The van der Waals surface area contributed by atoms with Gasteiger partial charge >= 0.3 is 0 Å². The zero-order valence-corrected chi connectivity index (χ0v) is 16.6. The van der Waals surface area contributed by atoms with Crippen LogP contribution < -0.4 is 19.5 Å². The van der Waals surface area contributed by atoms with Crippen molar-refractivity contribution in [2.24, 2.45) is 0 Å². The summed E-state index contributed by atoms with van der Waals surface area (Å²) in [5.41, 5.74) is 0.607. The molecule has 28 heavy (non-hydrogen) atoms. The average Bonchev–Trinajstić information content (AvgIpc) is 3.21. The molecule has 1 aromatic heterocycles. The number of carbonyl (C=O) groups is 1. The fraction of sp³-hybridized carbons (Fsp3) is 0.450. The lowest BCUT2D eigenvalue weighted by molar-refractivity contribution is -0.117. The van der Waals surface area contributed by atoms with Gasteiger partial charge in [-0.3, -0.25) is 14.6 Å². The van der Waals surface area contributed by atoms with Crippen molar-refractivity contribution in [3.05, 3.63) is 36.3 Å². The number of hydrogen-bond donors (Lipinski definition) is 1. The van der Waals surface area contributed by atoms with E-state index in [0.717, 1.165) is 38.5 Å². The molecule has 2 heterocycles. The maximum Gasteiger partial charge on any atom is 0.238 e. The number of piperazine rings is 1. The molecule has 8 nitrogen and oxygen atoms in total. The summed E-state index contributed by atoms with van der Waals surface area (Å²) in [6, 6.07) is 7.33. The second-order valence-corrected chi connectivity index (χ2v) is 6.59. The van der Waals surface area contributed by atoms with Gasteiger partial charge in [-0.15, -0.1) is 0 Å². The van der Waals surface area contributed by atoms with Crippen LogP contribution in [0, 0.1) is 0 Å². The number of furan rings is 1. The monoisotopic (exact) mass is 389 g/mol. The number of benzene rings is 1. The summed E-state index contributed by atoms with van der Waals surface area (Å²) < 4.78 is 21.4. The predicted molar refractivity (Wildman–Crippen MR) is 105 cm³/mol. The van der Waals surface area contributed by atoms with Gasteiger partial charge in [0, 0.05) is 44.0 Å². The summed E-state index contributed by atoms with van der Waals surface area (Å²) in [4.78, 5) is 16.9. The highest BCUT2D eigenvalue weighted by atomic mass is 16.5. The van der Waals surface area contributed by atoms with Crippen molar-refractivity contribution in [3.63, 3.8) is 0 Å². The first-order valence-electron chi connectivity index (χ1n) is 9.20. The summed E-state index contributed by atoms with van der Waals surface area (Å²) in [5.74, 6) is 2.39. The molecule has 0 spiro atoms. The molecular formula is C20H27N3O5. The summed E-state index contributed by atoms with van der Waals surface area (Å²) in [5, 5.41) is 2.91. The SMILES string of the molecule is COc1cc(NC(=O)CN2CCN(Cc3ccco3)CC2)cc(OC)c1OC. The fourth-order valence-electron chi connectivity index (χ4n) is 3.29. The number of anilines is 1. The van der Waals surface area contributed by atoms with E-state index in [1.54, 1.807) is 39.7 Å². The Bertz CT molecular complexity index is 745. The quantitative estimate of drug-likeness (QED) is 0.741. The van der Waals surface area contributed by atoms with Crippen LogP contribution in [-0.2, 0) is 11.3 Å². The van der Waals surface area contributed by atoms with Crippen LogP contribution in [0.5, 0.6) is 17.2 Å². The molecule has 0 radical (unpaired) electrons. The number of nitrogens with one attached hydrogen (secondary N) is 1. The van der Waals surface area contributed by atoms with E-state index in [1.165, 1.54) is 0 Å². The van der Waals surface area contributed by atoms with Gasteiger partial charge in [0.25, 0.3) is 0 Å². The van der Waals surface area contributed by atoms with Crippen molar-refractivity contribution < 1.29 is 23.4 Å². The van der Waals surface area contributed by atoms with Crippen LogP contribution in [0.25, 0.3) is 0 Å². The molecule has 1 N–H and O–H groups in total. The first-order chi connectivity index (χ1) is 13.6. The molecule has 0 bridgehead atoms. The highest BCUT2D eigenvalue weighted by molar-refractivity contribution is 5.93. The molecule has 1 saturated heterocycles. The Morgan fingerprint density at radius 3 is 2.21 bits per heavy atom. The average molecular weight is 389 g/mol. The highest BCUT2D eigenvalue weighted by Gasteiger charge is 2.20. The maximum atomic E-state index is 12.5. The van der Waals surface area contributed by atoms with E-state index in [-0.39, 0.29) is 5.91 Å². The topological polar surface area (TPSA) is 76.4 Å². The van der Waals surface area contributed by atoms with E-state index in [0.29, 0.717) is 29.5 Å². The van der Waals surface area contributed by atoms with Gasteiger partial charge in [0.05, 0.1) is 40.7 Å². The number of carbonyl (C=O) groups excluding carboxylic acids is 1. The second kappa shape index (κ2) is 9.48. The zero-order valence-electron chi connectivity index (χ0n) is 16.6.